The fourth-order valence-corrected chi connectivity index (χ4v) is 2.03. The minimum atomic E-state index is -4.75. The average Bonchev–Trinajstić information content (AvgIpc) is 2.36. The van der Waals surface area contributed by atoms with Crippen LogP contribution >= 0.6 is 0 Å². The van der Waals surface area contributed by atoms with Crippen LogP contribution in [0.4, 0.5) is 13.2 Å². The zero-order chi connectivity index (χ0) is 14.3. The van der Waals surface area contributed by atoms with Gasteiger partial charge in [0.15, 0.2) is 5.60 Å². The molecular weight excluding hydrogens is 257 g/mol. The van der Waals surface area contributed by atoms with Crippen LogP contribution in [0.2, 0.25) is 0 Å². The molecule has 0 aliphatic carbocycles. The summed E-state index contributed by atoms with van der Waals surface area (Å²) in [6, 6.07) is 9.19. The van der Waals surface area contributed by atoms with E-state index in [0.29, 0.717) is 16.5 Å². The molecule has 19 heavy (non-hydrogen) atoms. The molecule has 2 aromatic carbocycles. The van der Waals surface area contributed by atoms with E-state index in [1.165, 1.54) is 25.3 Å². The van der Waals surface area contributed by atoms with Crippen molar-refractivity contribution in [2.24, 2.45) is 0 Å². The summed E-state index contributed by atoms with van der Waals surface area (Å²) >= 11 is 0. The minimum Gasteiger partial charge on any atom is -0.496 e. The van der Waals surface area contributed by atoms with Crippen molar-refractivity contribution in [3.8, 4) is 5.75 Å². The van der Waals surface area contributed by atoms with Crippen molar-refractivity contribution in [3.05, 3.63) is 42.0 Å². The van der Waals surface area contributed by atoms with Crippen LogP contribution in [0.5, 0.6) is 5.75 Å². The molecule has 1 atom stereocenters. The lowest BCUT2D eigenvalue weighted by atomic mass is 9.90. The first-order valence-electron chi connectivity index (χ1n) is 5.64. The Morgan fingerprint density at radius 2 is 1.58 bits per heavy atom. The number of benzene rings is 2. The van der Waals surface area contributed by atoms with Crippen LogP contribution in [-0.2, 0) is 5.60 Å². The zero-order valence-corrected chi connectivity index (χ0v) is 10.5. The van der Waals surface area contributed by atoms with Gasteiger partial charge in [0, 0.05) is 10.9 Å². The number of fused-ring (bicyclic) bond motifs is 1. The Labute approximate surface area is 108 Å². The topological polar surface area (TPSA) is 29.5 Å². The van der Waals surface area contributed by atoms with Crippen molar-refractivity contribution >= 4 is 10.8 Å². The van der Waals surface area contributed by atoms with Crippen molar-refractivity contribution in [1.82, 2.24) is 0 Å². The maximum atomic E-state index is 12.9. The number of hydrogen-bond donors (Lipinski definition) is 1. The highest BCUT2D eigenvalue weighted by molar-refractivity contribution is 5.91. The number of aliphatic hydroxyl groups is 1. The fraction of sp³-hybridized carbons (Fsp3) is 0.286. The van der Waals surface area contributed by atoms with E-state index in [4.69, 9.17) is 4.74 Å². The Hall–Kier alpha value is -1.75. The average molecular weight is 270 g/mol. The molecule has 1 unspecified atom stereocenters. The predicted molar refractivity (Wildman–Crippen MR) is 66.1 cm³/mol. The van der Waals surface area contributed by atoms with Gasteiger partial charge < -0.3 is 9.84 Å². The van der Waals surface area contributed by atoms with Crippen molar-refractivity contribution in [2.45, 2.75) is 18.7 Å². The highest BCUT2D eigenvalue weighted by Gasteiger charge is 2.51. The van der Waals surface area contributed by atoms with Gasteiger partial charge >= 0.3 is 6.18 Å². The van der Waals surface area contributed by atoms with Gasteiger partial charge in [0.2, 0.25) is 0 Å². The molecule has 0 spiro atoms. The summed E-state index contributed by atoms with van der Waals surface area (Å²) in [5, 5.41) is 10.7. The van der Waals surface area contributed by atoms with Crippen LogP contribution in [0.3, 0.4) is 0 Å². The van der Waals surface area contributed by atoms with Gasteiger partial charge in [-0.25, -0.2) is 0 Å². The number of methoxy groups -OCH3 is 1. The summed E-state index contributed by atoms with van der Waals surface area (Å²) in [6.45, 7) is 0.751. The summed E-state index contributed by atoms with van der Waals surface area (Å²) in [5.41, 5.74) is -3.09. The number of ether oxygens (including phenoxy) is 1. The normalized spacial score (nSPS) is 15.3. The molecule has 0 saturated heterocycles. The van der Waals surface area contributed by atoms with E-state index < -0.39 is 11.8 Å². The molecule has 0 amide bonds. The van der Waals surface area contributed by atoms with Crippen LogP contribution in [0.1, 0.15) is 12.5 Å². The van der Waals surface area contributed by atoms with Gasteiger partial charge in [0.25, 0.3) is 0 Å². The van der Waals surface area contributed by atoms with Gasteiger partial charge in [0.1, 0.15) is 5.75 Å². The first kappa shape index (κ1) is 13.7. The quantitative estimate of drug-likeness (QED) is 0.903. The Morgan fingerprint density at radius 3 is 2.11 bits per heavy atom. The molecule has 1 N–H and O–H groups in total. The SMILES string of the molecule is COc1ccc(C(C)(O)C(F)(F)F)c2ccccc12. The van der Waals surface area contributed by atoms with E-state index in [2.05, 4.69) is 0 Å². The number of alkyl halides is 3. The van der Waals surface area contributed by atoms with Crippen LogP contribution in [0.25, 0.3) is 10.8 Å². The third-order valence-corrected chi connectivity index (χ3v) is 3.18. The molecule has 0 radical (unpaired) electrons. The van der Waals surface area contributed by atoms with Crippen LogP contribution in [0.15, 0.2) is 36.4 Å². The van der Waals surface area contributed by atoms with Crippen molar-refractivity contribution in [3.63, 3.8) is 0 Å². The smallest absolute Gasteiger partial charge is 0.421 e. The zero-order valence-electron chi connectivity index (χ0n) is 10.5. The van der Waals surface area contributed by atoms with E-state index >= 15 is 0 Å². The maximum absolute atomic E-state index is 12.9. The second-order valence-electron chi connectivity index (χ2n) is 4.43. The molecular formula is C14H13F3O2. The Morgan fingerprint density at radius 1 is 1.00 bits per heavy atom. The lowest BCUT2D eigenvalue weighted by Gasteiger charge is -2.28. The second kappa shape index (κ2) is 4.42. The van der Waals surface area contributed by atoms with Gasteiger partial charge in [0.05, 0.1) is 7.11 Å². The first-order chi connectivity index (χ1) is 8.79. The third-order valence-electron chi connectivity index (χ3n) is 3.18. The summed E-state index contributed by atoms with van der Waals surface area (Å²) in [5.74, 6) is 0.470. The first-order valence-corrected chi connectivity index (χ1v) is 5.64. The van der Waals surface area contributed by atoms with E-state index in [9.17, 15) is 18.3 Å². The lowest BCUT2D eigenvalue weighted by Crippen LogP contribution is -2.39. The summed E-state index contributed by atoms with van der Waals surface area (Å²) < 4.78 is 44.0. The molecule has 0 heterocycles. The standard InChI is InChI=1S/C14H13F3O2/c1-13(18,14(15,16)17)11-7-8-12(19-2)10-6-4-3-5-9(10)11/h3-8,18H,1-2H3. The molecule has 0 aliphatic heterocycles. The molecule has 0 bridgehead atoms. The maximum Gasteiger partial charge on any atom is 0.421 e. The predicted octanol–water partition coefficient (Wildman–Crippen LogP) is 3.62. The molecule has 0 aromatic heterocycles. The van der Waals surface area contributed by atoms with Gasteiger partial charge in [-0.1, -0.05) is 30.3 Å². The number of rotatable bonds is 2. The largest absolute Gasteiger partial charge is 0.496 e. The van der Waals surface area contributed by atoms with Gasteiger partial charge in [-0.2, -0.15) is 13.2 Å². The summed E-state index contributed by atoms with van der Waals surface area (Å²) in [6.07, 6.45) is -4.75. The molecule has 0 aliphatic rings. The summed E-state index contributed by atoms with van der Waals surface area (Å²) in [4.78, 5) is 0. The monoisotopic (exact) mass is 270 g/mol. The molecule has 2 rings (SSSR count). The second-order valence-corrected chi connectivity index (χ2v) is 4.43. The summed E-state index contributed by atoms with van der Waals surface area (Å²) in [7, 11) is 1.45. The van der Waals surface area contributed by atoms with Crippen molar-refractivity contribution < 1.29 is 23.0 Å². The lowest BCUT2D eigenvalue weighted by molar-refractivity contribution is -0.258. The molecule has 0 fully saturated rings. The van der Waals surface area contributed by atoms with E-state index in [1.54, 1.807) is 18.2 Å². The Bertz CT molecular complexity index is 603. The molecule has 102 valence electrons. The molecule has 5 heteroatoms. The minimum absolute atomic E-state index is 0.184. The molecule has 2 aromatic rings. The molecule has 2 nitrogen and oxygen atoms in total. The van der Waals surface area contributed by atoms with Crippen LogP contribution < -0.4 is 4.74 Å². The highest BCUT2D eigenvalue weighted by atomic mass is 19.4. The third kappa shape index (κ3) is 2.14. The fourth-order valence-electron chi connectivity index (χ4n) is 2.03. The molecule has 0 saturated carbocycles. The van der Waals surface area contributed by atoms with Crippen molar-refractivity contribution in [1.29, 1.82) is 0 Å². The van der Waals surface area contributed by atoms with Crippen molar-refractivity contribution in [2.75, 3.05) is 7.11 Å². The highest BCUT2D eigenvalue weighted by Crippen LogP contribution is 2.42. The number of halogens is 3. The van der Waals surface area contributed by atoms with Gasteiger partial charge in [-0.3, -0.25) is 0 Å². The van der Waals surface area contributed by atoms with E-state index in [-0.39, 0.29) is 5.56 Å². The van der Waals surface area contributed by atoms with E-state index in [1.807, 2.05) is 0 Å². The van der Waals surface area contributed by atoms with Gasteiger partial charge in [-0.15, -0.1) is 0 Å². The Kier molecular flexibility index (Phi) is 3.18. The van der Waals surface area contributed by atoms with Crippen LogP contribution in [0, 0.1) is 0 Å². The van der Waals surface area contributed by atoms with Gasteiger partial charge in [-0.05, 0) is 18.4 Å². The Balaban J connectivity index is 2.77. The van der Waals surface area contributed by atoms with E-state index in [0.717, 1.165) is 6.92 Å². The van der Waals surface area contributed by atoms with Crippen LogP contribution in [-0.4, -0.2) is 18.4 Å². The number of hydrogen-bond acceptors (Lipinski definition) is 2.